The molecule has 0 amide bonds. The predicted octanol–water partition coefficient (Wildman–Crippen LogP) is 1.59. The number of carbonyl (C=O) groups is 1. The van der Waals surface area contributed by atoms with Crippen LogP contribution in [0.15, 0.2) is 18.2 Å². The van der Waals surface area contributed by atoms with Crippen LogP contribution in [-0.2, 0) is 11.2 Å². The highest BCUT2D eigenvalue weighted by atomic mass is 19.2. The van der Waals surface area contributed by atoms with Gasteiger partial charge >= 0.3 is 5.97 Å². The molecule has 0 unspecified atom stereocenters. The molecule has 0 heterocycles. The molecule has 1 aromatic carbocycles. The maximum atomic E-state index is 12.7. The third kappa shape index (κ3) is 1.78. The van der Waals surface area contributed by atoms with E-state index in [1.807, 2.05) is 0 Å². The summed E-state index contributed by atoms with van der Waals surface area (Å²) in [5, 5.41) is 8.29. The number of hydrogen-bond acceptors (Lipinski definition) is 1. The lowest BCUT2D eigenvalue weighted by atomic mass is 10.1. The van der Waals surface area contributed by atoms with Crippen molar-refractivity contribution in [1.82, 2.24) is 0 Å². The van der Waals surface area contributed by atoms with Gasteiger partial charge in [-0.3, -0.25) is 4.79 Å². The fourth-order valence-electron chi connectivity index (χ4n) is 0.848. The molecule has 0 radical (unpaired) electrons. The fraction of sp³-hybridized carbons (Fsp3) is 0.125. The SMILES string of the molecule is O=C(O)Cc1cccc(F)c1F. The molecule has 0 aliphatic rings. The lowest BCUT2D eigenvalue weighted by Gasteiger charge is -1.98. The summed E-state index contributed by atoms with van der Waals surface area (Å²) in [7, 11) is 0. The molecule has 0 aliphatic heterocycles. The summed E-state index contributed by atoms with van der Waals surface area (Å²) in [6.45, 7) is 0. The standard InChI is InChI=1S/C8H6F2O2/c9-6-3-1-2-5(8(6)10)4-7(11)12/h1-3H,4H2,(H,11,12). The number of benzene rings is 1. The van der Waals surface area contributed by atoms with Crippen molar-refractivity contribution in [3.05, 3.63) is 35.4 Å². The summed E-state index contributed by atoms with van der Waals surface area (Å²) < 4.78 is 25.2. The first-order valence-electron chi connectivity index (χ1n) is 3.26. The molecular formula is C8H6F2O2. The molecule has 2 nitrogen and oxygen atoms in total. The van der Waals surface area contributed by atoms with Crippen molar-refractivity contribution in [2.24, 2.45) is 0 Å². The number of rotatable bonds is 2. The molecule has 12 heavy (non-hydrogen) atoms. The van der Waals surface area contributed by atoms with Crippen LogP contribution in [0, 0.1) is 11.6 Å². The summed E-state index contributed by atoms with van der Waals surface area (Å²) in [5.41, 5.74) is -0.137. The Morgan fingerprint density at radius 2 is 2.08 bits per heavy atom. The minimum Gasteiger partial charge on any atom is -0.481 e. The lowest BCUT2D eigenvalue weighted by molar-refractivity contribution is -0.136. The van der Waals surface area contributed by atoms with Crippen LogP contribution in [0.25, 0.3) is 0 Å². The van der Waals surface area contributed by atoms with Gasteiger partial charge in [-0.05, 0) is 6.07 Å². The predicted molar refractivity (Wildman–Crippen MR) is 37.7 cm³/mol. The van der Waals surface area contributed by atoms with E-state index in [-0.39, 0.29) is 5.56 Å². The van der Waals surface area contributed by atoms with Crippen molar-refractivity contribution in [1.29, 1.82) is 0 Å². The van der Waals surface area contributed by atoms with Gasteiger partial charge in [0.15, 0.2) is 11.6 Å². The molecule has 64 valence electrons. The fourth-order valence-corrected chi connectivity index (χ4v) is 0.848. The van der Waals surface area contributed by atoms with Crippen LogP contribution in [-0.4, -0.2) is 11.1 Å². The Morgan fingerprint density at radius 1 is 1.42 bits per heavy atom. The summed E-state index contributed by atoms with van der Waals surface area (Å²) in [4.78, 5) is 10.1. The zero-order valence-corrected chi connectivity index (χ0v) is 6.05. The van der Waals surface area contributed by atoms with Crippen molar-refractivity contribution >= 4 is 5.97 Å². The number of hydrogen-bond donors (Lipinski definition) is 1. The first-order chi connectivity index (χ1) is 5.61. The Kier molecular flexibility index (Phi) is 2.38. The van der Waals surface area contributed by atoms with Gasteiger partial charge in [0.2, 0.25) is 0 Å². The summed E-state index contributed by atoms with van der Waals surface area (Å²) >= 11 is 0. The Morgan fingerprint density at radius 3 is 2.67 bits per heavy atom. The minimum atomic E-state index is -1.18. The topological polar surface area (TPSA) is 37.3 Å². The van der Waals surface area contributed by atoms with E-state index in [0.29, 0.717) is 0 Å². The molecule has 0 saturated heterocycles. The quantitative estimate of drug-likeness (QED) is 0.735. The van der Waals surface area contributed by atoms with Crippen molar-refractivity contribution < 1.29 is 18.7 Å². The summed E-state index contributed by atoms with van der Waals surface area (Å²) in [5.74, 6) is -3.28. The first-order valence-corrected chi connectivity index (χ1v) is 3.26. The van der Waals surface area contributed by atoms with Gasteiger partial charge in [-0.2, -0.15) is 0 Å². The largest absolute Gasteiger partial charge is 0.481 e. The maximum absolute atomic E-state index is 12.7. The Bertz CT molecular complexity index is 310. The molecule has 0 atom stereocenters. The van der Waals surface area contributed by atoms with E-state index in [9.17, 15) is 13.6 Å². The molecule has 0 aromatic heterocycles. The third-order valence-corrected chi connectivity index (χ3v) is 1.37. The van der Waals surface area contributed by atoms with Crippen LogP contribution >= 0.6 is 0 Å². The van der Waals surface area contributed by atoms with Crippen LogP contribution in [0.5, 0.6) is 0 Å². The van der Waals surface area contributed by atoms with Crippen molar-refractivity contribution in [3.63, 3.8) is 0 Å². The van der Waals surface area contributed by atoms with Gasteiger partial charge in [0.25, 0.3) is 0 Å². The normalized spacial score (nSPS) is 9.83. The van der Waals surface area contributed by atoms with E-state index >= 15 is 0 Å². The van der Waals surface area contributed by atoms with Gasteiger partial charge in [-0.25, -0.2) is 8.78 Å². The second-order valence-electron chi connectivity index (χ2n) is 2.28. The Labute approximate surface area is 67.4 Å². The van der Waals surface area contributed by atoms with Gasteiger partial charge in [-0.15, -0.1) is 0 Å². The molecule has 0 aliphatic carbocycles. The van der Waals surface area contributed by atoms with Crippen molar-refractivity contribution in [3.8, 4) is 0 Å². The Hall–Kier alpha value is -1.45. The van der Waals surface area contributed by atoms with Gasteiger partial charge in [-0.1, -0.05) is 12.1 Å². The second kappa shape index (κ2) is 3.30. The van der Waals surface area contributed by atoms with E-state index in [4.69, 9.17) is 5.11 Å². The second-order valence-corrected chi connectivity index (χ2v) is 2.28. The van der Waals surface area contributed by atoms with Gasteiger partial charge in [0.1, 0.15) is 0 Å². The van der Waals surface area contributed by atoms with Crippen molar-refractivity contribution in [2.75, 3.05) is 0 Å². The highest BCUT2D eigenvalue weighted by molar-refractivity contribution is 5.70. The van der Waals surface area contributed by atoms with Crippen LogP contribution in [0.4, 0.5) is 8.78 Å². The van der Waals surface area contributed by atoms with Crippen LogP contribution in [0.3, 0.4) is 0 Å². The first kappa shape index (κ1) is 8.64. The summed E-state index contributed by atoms with van der Waals surface area (Å²) in [6, 6.07) is 3.46. The molecule has 1 aromatic rings. The van der Waals surface area contributed by atoms with Crippen molar-refractivity contribution in [2.45, 2.75) is 6.42 Å². The molecule has 0 spiro atoms. The van der Waals surface area contributed by atoms with Crippen LogP contribution in [0.2, 0.25) is 0 Å². The highest BCUT2D eigenvalue weighted by Crippen LogP contribution is 2.11. The number of carboxylic acid groups (broad SMARTS) is 1. The number of halogens is 2. The van der Waals surface area contributed by atoms with E-state index in [1.165, 1.54) is 12.1 Å². The summed E-state index contributed by atoms with van der Waals surface area (Å²) in [6.07, 6.45) is -0.496. The number of carboxylic acids is 1. The highest BCUT2D eigenvalue weighted by Gasteiger charge is 2.09. The molecule has 1 rings (SSSR count). The zero-order chi connectivity index (χ0) is 9.14. The molecule has 0 fully saturated rings. The van der Waals surface area contributed by atoms with E-state index in [0.717, 1.165) is 6.07 Å². The van der Waals surface area contributed by atoms with Gasteiger partial charge in [0, 0.05) is 5.56 Å². The van der Waals surface area contributed by atoms with E-state index < -0.39 is 24.0 Å². The average molecular weight is 172 g/mol. The van der Waals surface area contributed by atoms with Crippen LogP contribution < -0.4 is 0 Å². The van der Waals surface area contributed by atoms with E-state index in [2.05, 4.69) is 0 Å². The number of aliphatic carboxylic acids is 1. The molecule has 4 heteroatoms. The Balaban J connectivity index is 3.00. The average Bonchev–Trinajstić information content (AvgIpc) is 1.98. The third-order valence-electron chi connectivity index (χ3n) is 1.37. The molecule has 0 saturated carbocycles. The van der Waals surface area contributed by atoms with E-state index in [1.54, 1.807) is 0 Å². The smallest absolute Gasteiger partial charge is 0.307 e. The molecule has 1 N–H and O–H groups in total. The zero-order valence-electron chi connectivity index (χ0n) is 6.05. The van der Waals surface area contributed by atoms with Gasteiger partial charge < -0.3 is 5.11 Å². The van der Waals surface area contributed by atoms with Gasteiger partial charge in [0.05, 0.1) is 6.42 Å². The molecule has 0 bridgehead atoms. The maximum Gasteiger partial charge on any atom is 0.307 e. The molecular weight excluding hydrogens is 166 g/mol. The lowest BCUT2D eigenvalue weighted by Crippen LogP contribution is -2.03. The minimum absolute atomic E-state index is 0.137. The monoisotopic (exact) mass is 172 g/mol. The van der Waals surface area contributed by atoms with Crippen LogP contribution in [0.1, 0.15) is 5.56 Å².